The van der Waals surface area contributed by atoms with Crippen molar-refractivity contribution in [3.05, 3.63) is 80.5 Å². The first-order valence-electron chi connectivity index (χ1n) is 9.63. The van der Waals surface area contributed by atoms with Gasteiger partial charge in [-0.1, -0.05) is 29.5 Å². The quantitative estimate of drug-likeness (QED) is 0.351. The average Bonchev–Trinajstić information content (AvgIpc) is 3.47. The zero-order valence-corrected chi connectivity index (χ0v) is 20.2. The summed E-state index contributed by atoms with van der Waals surface area (Å²) in [7, 11) is 0. The third kappa shape index (κ3) is 3.29. The molecular formula is C22H15N4NaO4S. The van der Waals surface area contributed by atoms with Gasteiger partial charge in [-0.05, 0) is 42.8 Å². The maximum Gasteiger partial charge on any atom is 1.00 e. The predicted molar refractivity (Wildman–Crippen MR) is 117 cm³/mol. The summed E-state index contributed by atoms with van der Waals surface area (Å²) in [5.74, 6) is 1.33. The van der Waals surface area contributed by atoms with Gasteiger partial charge in [0, 0.05) is 11.1 Å². The van der Waals surface area contributed by atoms with Crippen molar-refractivity contribution in [2.24, 2.45) is 0 Å². The monoisotopic (exact) mass is 454 g/mol. The van der Waals surface area contributed by atoms with Crippen LogP contribution in [0.15, 0.2) is 58.1 Å². The van der Waals surface area contributed by atoms with Crippen LogP contribution in [0, 0.1) is 6.92 Å². The van der Waals surface area contributed by atoms with E-state index in [1.807, 2.05) is 42.5 Å². The number of pyridine rings is 1. The first-order valence-corrected chi connectivity index (χ1v) is 10.4. The molecule has 0 saturated heterocycles. The van der Waals surface area contributed by atoms with Crippen molar-refractivity contribution >= 4 is 32.5 Å². The van der Waals surface area contributed by atoms with Crippen LogP contribution in [0.25, 0.3) is 26.3 Å². The van der Waals surface area contributed by atoms with Gasteiger partial charge >= 0.3 is 29.6 Å². The molecular weight excluding hydrogens is 439 g/mol. The number of aryl methyl sites for hydroxylation is 1. The Labute approximate surface area is 207 Å². The number of hydrogen-bond acceptors (Lipinski definition) is 6. The van der Waals surface area contributed by atoms with Gasteiger partial charge in [-0.15, -0.1) is 5.52 Å². The van der Waals surface area contributed by atoms with Crippen molar-refractivity contribution in [2.75, 3.05) is 6.79 Å². The molecule has 32 heavy (non-hydrogen) atoms. The summed E-state index contributed by atoms with van der Waals surface area (Å²) in [6.45, 7) is 2.26. The van der Waals surface area contributed by atoms with Crippen LogP contribution in [-0.2, 0) is 6.54 Å². The van der Waals surface area contributed by atoms with Gasteiger partial charge in [0.1, 0.15) is 0 Å². The molecule has 0 amide bonds. The summed E-state index contributed by atoms with van der Waals surface area (Å²) in [6.07, 6.45) is 0. The minimum Gasteiger partial charge on any atom is -0.585 e. The summed E-state index contributed by atoms with van der Waals surface area (Å²) in [4.78, 5) is 30.6. The fourth-order valence-electron chi connectivity index (χ4n) is 3.85. The van der Waals surface area contributed by atoms with Gasteiger partial charge in [0.2, 0.25) is 17.9 Å². The Morgan fingerprint density at radius 3 is 2.75 bits per heavy atom. The zero-order chi connectivity index (χ0) is 21.1. The van der Waals surface area contributed by atoms with E-state index in [1.165, 1.54) is 22.1 Å². The Morgan fingerprint density at radius 2 is 1.91 bits per heavy atom. The van der Waals surface area contributed by atoms with Crippen molar-refractivity contribution in [2.45, 2.75) is 13.5 Å². The van der Waals surface area contributed by atoms with Gasteiger partial charge in [0.05, 0.1) is 16.8 Å². The molecule has 3 aromatic heterocycles. The minimum atomic E-state index is -0.286. The van der Waals surface area contributed by atoms with Crippen molar-refractivity contribution in [3.63, 3.8) is 0 Å². The number of aromatic nitrogens is 4. The van der Waals surface area contributed by atoms with E-state index in [9.17, 15) is 9.59 Å². The predicted octanol–water partition coefficient (Wildman–Crippen LogP) is -0.191. The Bertz CT molecular complexity index is 1580. The van der Waals surface area contributed by atoms with Crippen molar-refractivity contribution < 1.29 is 39.0 Å². The molecule has 4 heterocycles. The molecule has 0 spiro atoms. The summed E-state index contributed by atoms with van der Waals surface area (Å²) in [5, 5.41) is 5.30. The van der Waals surface area contributed by atoms with Crippen LogP contribution in [0.3, 0.4) is 0 Å². The van der Waals surface area contributed by atoms with Crippen LogP contribution < -0.4 is 55.2 Å². The van der Waals surface area contributed by atoms with Gasteiger partial charge in [-0.2, -0.15) is 0 Å². The summed E-state index contributed by atoms with van der Waals surface area (Å²) in [5.41, 5.74) is 2.11. The minimum absolute atomic E-state index is 0. The standard InChI is InChI=1S/C22H16N4O4S.Na/c1-12-20-15(24-26(21(20)28)22-23-14-4-2-3-5-18(14)31-22)9-19(27)25(12)10-13-6-7-16-17(8-13)30-11-29-16;/h2-9H,10-11H2,1H3,(H,24,27);/q;+1/p-1. The van der Waals surface area contributed by atoms with Crippen molar-refractivity contribution in [3.8, 4) is 16.6 Å². The largest absolute Gasteiger partial charge is 1.00 e. The number of nitrogens with zero attached hydrogens (tertiary/aromatic N) is 4. The van der Waals surface area contributed by atoms with E-state index in [0.29, 0.717) is 39.8 Å². The zero-order valence-electron chi connectivity index (χ0n) is 17.4. The van der Waals surface area contributed by atoms with Crippen LogP contribution in [0.4, 0.5) is 0 Å². The summed E-state index contributed by atoms with van der Waals surface area (Å²) >= 11 is 1.39. The Kier molecular flexibility index (Phi) is 5.21. The van der Waals surface area contributed by atoms with Gasteiger partial charge in [-0.25, -0.2) is 4.98 Å². The first-order chi connectivity index (χ1) is 15.1. The topological polar surface area (TPSA) is 89.5 Å². The number of ether oxygens (including phenoxy) is 2. The van der Waals surface area contributed by atoms with Crippen molar-refractivity contribution in [1.29, 1.82) is 0 Å². The molecule has 0 saturated carbocycles. The number of benzene rings is 2. The van der Waals surface area contributed by atoms with Gasteiger partial charge in [0.15, 0.2) is 16.6 Å². The summed E-state index contributed by atoms with van der Waals surface area (Å²) < 4.78 is 14.6. The maximum atomic E-state index is 13.2. The molecule has 0 atom stereocenters. The van der Waals surface area contributed by atoms with E-state index in [1.54, 1.807) is 11.5 Å². The molecule has 1 aliphatic rings. The number of thiazole rings is 1. The van der Waals surface area contributed by atoms with E-state index >= 15 is 0 Å². The molecule has 1 aliphatic heterocycles. The molecule has 2 aromatic carbocycles. The molecule has 0 bridgehead atoms. The van der Waals surface area contributed by atoms with Gasteiger partial charge in [0.25, 0.3) is 0 Å². The van der Waals surface area contributed by atoms with E-state index in [4.69, 9.17) is 9.47 Å². The second-order valence-corrected chi connectivity index (χ2v) is 8.29. The normalized spacial score (nSPS) is 12.4. The Balaban J connectivity index is 0.00000216. The molecule has 5 aromatic rings. The second-order valence-electron chi connectivity index (χ2n) is 7.28. The fraction of sp³-hybridized carbons (Fsp3) is 0.136. The van der Waals surface area contributed by atoms with Gasteiger partial charge in [-0.3, -0.25) is 9.59 Å². The molecule has 0 aliphatic carbocycles. The maximum absolute atomic E-state index is 13.2. The van der Waals surface area contributed by atoms with E-state index in [0.717, 1.165) is 15.8 Å². The summed E-state index contributed by atoms with van der Waals surface area (Å²) in [6, 6.07) is 14.6. The molecule has 0 unspecified atom stereocenters. The molecule has 8 nitrogen and oxygen atoms in total. The van der Waals surface area contributed by atoms with E-state index < -0.39 is 0 Å². The molecule has 6 rings (SSSR count). The van der Waals surface area contributed by atoms with E-state index in [-0.39, 0.29) is 47.5 Å². The van der Waals surface area contributed by atoms with E-state index in [2.05, 4.69) is 10.1 Å². The SMILES string of the molecule is Cc1c2c(=O)n(-c3nc4ccccc4s3)[n-]c2cc(=O)n1Cc1ccc2c(c1)OCO2.[Na+]. The average molecular weight is 454 g/mol. The van der Waals surface area contributed by atoms with Crippen LogP contribution in [0.1, 0.15) is 11.3 Å². The molecule has 0 fully saturated rings. The Hall–Kier alpha value is -2.85. The molecule has 10 heteroatoms. The van der Waals surface area contributed by atoms with Crippen LogP contribution in [-0.4, -0.2) is 21.0 Å². The third-order valence-corrected chi connectivity index (χ3v) is 6.42. The first kappa shape index (κ1) is 21.0. The van der Waals surface area contributed by atoms with Crippen LogP contribution >= 0.6 is 11.3 Å². The van der Waals surface area contributed by atoms with Crippen LogP contribution in [0.2, 0.25) is 0 Å². The third-order valence-electron chi connectivity index (χ3n) is 5.40. The number of hydrogen-bond donors (Lipinski definition) is 0. The number of para-hydroxylation sites is 1. The van der Waals surface area contributed by atoms with Crippen molar-refractivity contribution in [1.82, 2.24) is 19.3 Å². The molecule has 0 radical (unpaired) electrons. The smallest absolute Gasteiger partial charge is 0.585 e. The number of rotatable bonds is 3. The van der Waals surface area contributed by atoms with Gasteiger partial charge < -0.3 is 23.8 Å². The molecule has 154 valence electrons. The Morgan fingerprint density at radius 1 is 1.09 bits per heavy atom. The fourth-order valence-corrected chi connectivity index (χ4v) is 4.77. The second kappa shape index (κ2) is 7.93. The number of fused-ring (bicyclic) bond motifs is 3. The molecule has 0 N–H and O–H groups in total. The van der Waals surface area contributed by atoms with Crippen LogP contribution in [0.5, 0.6) is 11.5 Å².